The quantitative estimate of drug-likeness (QED) is 0.0988. The number of esters is 1. The maximum Gasteiger partial charge on any atom is 0.330 e. The molecule has 0 aliphatic heterocycles. The molecule has 0 unspecified atom stereocenters. The summed E-state index contributed by atoms with van der Waals surface area (Å²) in [6, 6.07) is 7.59. The summed E-state index contributed by atoms with van der Waals surface area (Å²) in [5.74, 6) is 2.66. The highest BCUT2D eigenvalue weighted by molar-refractivity contribution is 7.21. The minimum Gasteiger partial charge on any atom is -0.495 e. The second-order valence-corrected chi connectivity index (χ2v) is 11.1. The van der Waals surface area contributed by atoms with E-state index in [-0.39, 0.29) is 5.97 Å². The molecule has 0 N–H and O–H groups in total. The molecule has 0 fully saturated rings. The van der Waals surface area contributed by atoms with Crippen molar-refractivity contribution in [3.05, 3.63) is 64.9 Å². The van der Waals surface area contributed by atoms with E-state index in [4.69, 9.17) is 23.7 Å². The number of pyridine rings is 2. The van der Waals surface area contributed by atoms with Gasteiger partial charge in [-0.3, -0.25) is 14.8 Å². The van der Waals surface area contributed by atoms with Gasteiger partial charge in [0.15, 0.2) is 6.29 Å². The van der Waals surface area contributed by atoms with Gasteiger partial charge in [-0.15, -0.1) is 22.7 Å². The van der Waals surface area contributed by atoms with Crippen molar-refractivity contribution in [2.75, 3.05) is 35.0 Å². The molecule has 6 rings (SSSR count). The van der Waals surface area contributed by atoms with Crippen molar-refractivity contribution in [1.82, 2.24) is 9.97 Å². The average Bonchev–Trinajstić information content (AvgIpc) is 3.66. The van der Waals surface area contributed by atoms with Gasteiger partial charge in [0.2, 0.25) is 0 Å². The summed E-state index contributed by atoms with van der Waals surface area (Å²) in [6.07, 6.45) is 11.0. The smallest absolute Gasteiger partial charge is 0.330 e. The average molecular weight is 617 g/mol. The van der Waals surface area contributed by atoms with Crippen molar-refractivity contribution in [1.29, 1.82) is 0 Å². The highest BCUT2D eigenvalue weighted by Gasteiger charge is 2.19. The predicted molar refractivity (Wildman–Crippen MR) is 172 cm³/mol. The number of fused-ring (bicyclic) bond motifs is 4. The van der Waals surface area contributed by atoms with Gasteiger partial charge in [-0.2, -0.15) is 0 Å². The van der Waals surface area contributed by atoms with Crippen molar-refractivity contribution in [2.24, 2.45) is 0 Å². The van der Waals surface area contributed by atoms with E-state index >= 15 is 0 Å². The van der Waals surface area contributed by atoms with Gasteiger partial charge < -0.3 is 23.7 Å². The summed E-state index contributed by atoms with van der Waals surface area (Å²) >= 11 is 2.93. The standard InChI is InChI=1S/C18H17NO4S.C14H11NO3S/c1-4-23-15(20)6-5-11-9-13-16(21-2)14-10-19-8-7-12(14)17(22-3)18(13)24-11;1-17-12-10-5-8(7-16)19-14(10)13(18-2)9-3-4-15-6-11(9)12/h5-10H,4H2,1-3H3;3-7H,1-2H3/b6-5+;. The van der Waals surface area contributed by atoms with E-state index < -0.39 is 0 Å². The number of aldehydes is 1. The van der Waals surface area contributed by atoms with E-state index in [0.29, 0.717) is 11.5 Å². The van der Waals surface area contributed by atoms with Crippen molar-refractivity contribution in [2.45, 2.75) is 6.92 Å². The molecule has 2 aromatic carbocycles. The van der Waals surface area contributed by atoms with Crippen molar-refractivity contribution in [3.8, 4) is 23.0 Å². The Kier molecular flexibility index (Phi) is 9.03. The topological polar surface area (TPSA) is 106 Å². The SMILES string of the molecule is CCOC(=O)/C=C/c1cc2c(OC)c3cnccc3c(OC)c2s1.COc1c2cnccc2c(OC)c2sc(C=O)cc12. The van der Waals surface area contributed by atoms with Gasteiger partial charge in [0.05, 0.1) is 49.3 Å². The van der Waals surface area contributed by atoms with Gasteiger partial charge in [-0.05, 0) is 37.3 Å². The summed E-state index contributed by atoms with van der Waals surface area (Å²) in [5.41, 5.74) is 0. The van der Waals surface area contributed by atoms with E-state index in [1.54, 1.807) is 66.2 Å². The summed E-state index contributed by atoms with van der Waals surface area (Å²) in [5, 5.41) is 5.46. The number of carbonyl (C=O) groups is 2. The molecule has 6 aromatic rings. The number of hydrogen-bond donors (Lipinski definition) is 0. The molecule has 9 nitrogen and oxygen atoms in total. The first-order chi connectivity index (χ1) is 21.0. The van der Waals surface area contributed by atoms with Gasteiger partial charge in [0.25, 0.3) is 0 Å². The van der Waals surface area contributed by atoms with Gasteiger partial charge in [0.1, 0.15) is 23.0 Å². The molecule has 4 heterocycles. The first-order valence-corrected chi connectivity index (χ1v) is 14.7. The first-order valence-electron chi connectivity index (χ1n) is 13.1. The van der Waals surface area contributed by atoms with E-state index in [0.717, 1.165) is 75.9 Å². The van der Waals surface area contributed by atoms with Crippen LogP contribution in [0.3, 0.4) is 0 Å². The molecule has 0 spiro atoms. The molecular formula is C32H28N2O7S2. The number of carbonyl (C=O) groups excluding carboxylic acids is 2. The Morgan fingerprint density at radius 1 is 0.721 bits per heavy atom. The number of aromatic nitrogens is 2. The predicted octanol–water partition coefficient (Wildman–Crippen LogP) is 7.32. The van der Waals surface area contributed by atoms with Crippen LogP contribution in [-0.2, 0) is 9.53 Å². The molecule has 0 aliphatic carbocycles. The molecule has 0 saturated carbocycles. The van der Waals surface area contributed by atoms with E-state index in [2.05, 4.69) is 9.97 Å². The van der Waals surface area contributed by atoms with Crippen LogP contribution >= 0.6 is 22.7 Å². The minimum atomic E-state index is -0.358. The Hall–Kier alpha value is -4.74. The molecule has 43 heavy (non-hydrogen) atoms. The zero-order valence-electron chi connectivity index (χ0n) is 24.1. The van der Waals surface area contributed by atoms with Crippen LogP contribution in [0, 0.1) is 0 Å². The first kappa shape index (κ1) is 29.7. The molecule has 11 heteroatoms. The maximum absolute atomic E-state index is 11.5. The monoisotopic (exact) mass is 616 g/mol. The van der Waals surface area contributed by atoms with E-state index in [1.165, 1.54) is 28.7 Å². The lowest BCUT2D eigenvalue weighted by Crippen LogP contribution is -1.98. The zero-order valence-corrected chi connectivity index (χ0v) is 25.8. The van der Waals surface area contributed by atoms with E-state index in [9.17, 15) is 9.59 Å². The summed E-state index contributed by atoms with van der Waals surface area (Å²) in [4.78, 5) is 32.4. The third-order valence-corrected chi connectivity index (χ3v) is 8.79. The lowest BCUT2D eigenvalue weighted by atomic mass is 10.1. The normalized spacial score (nSPS) is 11.1. The highest BCUT2D eigenvalue weighted by atomic mass is 32.1. The van der Waals surface area contributed by atoms with Crippen molar-refractivity contribution in [3.63, 3.8) is 0 Å². The molecule has 0 saturated heterocycles. The van der Waals surface area contributed by atoms with Crippen molar-refractivity contribution < 1.29 is 33.3 Å². The number of hydrogen-bond acceptors (Lipinski definition) is 11. The second kappa shape index (κ2) is 13.1. The number of thiophene rings is 2. The largest absolute Gasteiger partial charge is 0.495 e. The molecule has 220 valence electrons. The minimum absolute atomic E-state index is 0.357. The molecule has 0 bridgehead atoms. The van der Waals surface area contributed by atoms with E-state index in [1.807, 2.05) is 24.3 Å². The number of methoxy groups -OCH3 is 4. The fourth-order valence-electron chi connectivity index (χ4n) is 4.90. The Balaban J connectivity index is 0.000000176. The Morgan fingerprint density at radius 2 is 1.21 bits per heavy atom. The summed E-state index contributed by atoms with van der Waals surface area (Å²) < 4.78 is 29.0. The van der Waals surface area contributed by atoms with Crippen LogP contribution in [0.15, 0.2) is 55.1 Å². The summed E-state index contributed by atoms with van der Waals surface area (Å²) in [6.45, 7) is 2.14. The third kappa shape index (κ3) is 5.56. The summed E-state index contributed by atoms with van der Waals surface area (Å²) in [7, 11) is 6.53. The van der Waals surface area contributed by atoms with Crippen LogP contribution < -0.4 is 18.9 Å². The molecule has 0 aliphatic rings. The number of benzene rings is 2. The molecule has 4 aromatic heterocycles. The lowest BCUT2D eigenvalue weighted by Gasteiger charge is -2.11. The lowest BCUT2D eigenvalue weighted by molar-refractivity contribution is -0.137. The Labute approximate surface area is 255 Å². The molecule has 0 atom stereocenters. The van der Waals surface area contributed by atoms with Gasteiger partial charge in [-0.1, -0.05) is 0 Å². The fourth-order valence-corrected chi connectivity index (χ4v) is 7.01. The second-order valence-electron chi connectivity index (χ2n) is 8.96. The third-order valence-electron chi connectivity index (χ3n) is 6.63. The van der Waals surface area contributed by atoms with Gasteiger partial charge in [-0.25, -0.2) is 4.79 Å². The highest BCUT2D eigenvalue weighted by Crippen LogP contribution is 2.47. The number of nitrogens with zero attached hydrogens (tertiary/aromatic N) is 2. The Morgan fingerprint density at radius 3 is 1.67 bits per heavy atom. The van der Waals surface area contributed by atoms with Crippen molar-refractivity contribution >= 4 is 82.7 Å². The van der Waals surface area contributed by atoms with Crippen LogP contribution in [0.1, 0.15) is 21.5 Å². The number of rotatable bonds is 8. The van der Waals surface area contributed by atoms with Crippen LogP contribution in [0.4, 0.5) is 0 Å². The van der Waals surface area contributed by atoms with Crippen LogP contribution in [-0.4, -0.2) is 57.3 Å². The fraction of sp³-hybridized carbons (Fsp3) is 0.188. The van der Waals surface area contributed by atoms with Gasteiger partial charge in [0, 0.05) is 68.1 Å². The van der Waals surface area contributed by atoms with Gasteiger partial charge >= 0.3 is 5.97 Å². The number of ether oxygens (including phenoxy) is 5. The molecule has 0 amide bonds. The Bertz CT molecular complexity index is 1870. The maximum atomic E-state index is 11.5. The molecule has 0 radical (unpaired) electrons. The van der Waals surface area contributed by atoms with Crippen LogP contribution in [0.2, 0.25) is 0 Å². The molecular weight excluding hydrogens is 588 g/mol. The zero-order chi connectivity index (χ0) is 30.5. The van der Waals surface area contributed by atoms with Crippen LogP contribution in [0.5, 0.6) is 23.0 Å². The van der Waals surface area contributed by atoms with Crippen LogP contribution in [0.25, 0.3) is 47.8 Å².